The number of hydrogen-bond acceptors (Lipinski definition) is 8. The minimum absolute atomic E-state index is 0.0410. The quantitative estimate of drug-likeness (QED) is 0.120. The number of benzene rings is 1. The van der Waals surface area contributed by atoms with Crippen LogP contribution in [0.4, 0.5) is 4.79 Å². The molecule has 0 radical (unpaired) electrons. The summed E-state index contributed by atoms with van der Waals surface area (Å²) in [5.41, 5.74) is 2.75. The molecule has 15 heteroatoms. The molecular formula is C33H46N6O9. The zero-order chi connectivity index (χ0) is 35.1. The van der Waals surface area contributed by atoms with Crippen LogP contribution in [0.1, 0.15) is 81.8 Å². The third-order valence-electron chi connectivity index (χ3n) is 8.79. The van der Waals surface area contributed by atoms with E-state index in [0.29, 0.717) is 31.7 Å². The number of rotatable bonds is 17. The highest BCUT2D eigenvalue weighted by Gasteiger charge is 2.31. The fourth-order valence-electron chi connectivity index (χ4n) is 6.11. The Labute approximate surface area is 279 Å². The zero-order valence-electron chi connectivity index (χ0n) is 27.2. The van der Waals surface area contributed by atoms with Gasteiger partial charge in [0.2, 0.25) is 11.8 Å². The number of nitrogens with zero attached hydrogens (tertiary/aromatic N) is 2. The van der Waals surface area contributed by atoms with Crippen LogP contribution in [0.25, 0.3) is 0 Å². The molecule has 48 heavy (non-hydrogen) atoms. The van der Waals surface area contributed by atoms with E-state index in [-0.39, 0.29) is 42.9 Å². The van der Waals surface area contributed by atoms with Crippen molar-refractivity contribution in [2.24, 2.45) is 28.0 Å². The van der Waals surface area contributed by atoms with Gasteiger partial charge < -0.3 is 36.6 Å². The molecule has 7 N–H and O–H groups in total. The van der Waals surface area contributed by atoms with Gasteiger partial charge in [-0.3, -0.25) is 14.4 Å². The van der Waals surface area contributed by atoms with E-state index in [1.165, 1.54) is 0 Å². The molecule has 4 amide bonds. The highest BCUT2D eigenvalue weighted by Crippen LogP contribution is 2.35. The van der Waals surface area contributed by atoms with Crippen molar-refractivity contribution < 1.29 is 44.1 Å². The van der Waals surface area contributed by atoms with Crippen LogP contribution in [0, 0.1) is 17.8 Å². The molecule has 0 bridgehead atoms. The number of amides is 4. The topological polar surface area (TPSA) is 236 Å². The van der Waals surface area contributed by atoms with Crippen LogP contribution in [-0.4, -0.2) is 88.7 Å². The largest absolute Gasteiger partial charge is 0.481 e. The average molecular weight is 671 g/mol. The van der Waals surface area contributed by atoms with E-state index < -0.39 is 42.4 Å². The number of carbonyl (C=O) groups is 6. The lowest BCUT2D eigenvalue weighted by Gasteiger charge is -2.32. The molecule has 1 aromatic carbocycles. The molecule has 0 saturated heterocycles. The Hall–Kier alpha value is -4.82. The summed E-state index contributed by atoms with van der Waals surface area (Å²) in [5.74, 6) is -3.17. The van der Waals surface area contributed by atoms with Gasteiger partial charge in [-0.25, -0.2) is 14.4 Å². The summed E-state index contributed by atoms with van der Waals surface area (Å²) < 4.78 is 0. The molecule has 0 aromatic heterocycles. The highest BCUT2D eigenvalue weighted by molar-refractivity contribution is 6.04. The maximum atomic E-state index is 12.6. The highest BCUT2D eigenvalue weighted by atomic mass is 16.4. The first-order valence-corrected chi connectivity index (χ1v) is 16.4. The number of unbranched alkanes of at least 4 members (excludes halogenated alkanes) is 1. The Bertz CT molecular complexity index is 1360. The first-order valence-electron chi connectivity index (χ1n) is 16.4. The van der Waals surface area contributed by atoms with Gasteiger partial charge in [0.25, 0.3) is 0 Å². The number of urea groups is 1. The van der Waals surface area contributed by atoms with Gasteiger partial charge in [0.15, 0.2) is 0 Å². The van der Waals surface area contributed by atoms with E-state index in [4.69, 9.17) is 10.2 Å². The third kappa shape index (κ3) is 12.4. The summed E-state index contributed by atoms with van der Waals surface area (Å²) in [6.45, 7) is 0.299. The van der Waals surface area contributed by atoms with Crippen molar-refractivity contribution >= 4 is 47.7 Å². The summed E-state index contributed by atoms with van der Waals surface area (Å²) >= 11 is 0. The first kappa shape index (κ1) is 37.6. The molecular weight excluding hydrogens is 624 g/mol. The van der Waals surface area contributed by atoms with Gasteiger partial charge in [-0.1, -0.05) is 30.7 Å². The van der Waals surface area contributed by atoms with Crippen LogP contribution in [0.3, 0.4) is 0 Å². The van der Waals surface area contributed by atoms with Crippen LogP contribution < -0.4 is 21.3 Å². The van der Waals surface area contributed by atoms with Gasteiger partial charge in [-0.2, -0.15) is 10.2 Å². The summed E-state index contributed by atoms with van der Waals surface area (Å²) in [7, 11) is 1.67. The van der Waals surface area contributed by atoms with Crippen molar-refractivity contribution in [2.45, 2.75) is 89.1 Å². The van der Waals surface area contributed by atoms with E-state index in [2.05, 4.69) is 31.5 Å². The van der Waals surface area contributed by atoms with Crippen LogP contribution in [-0.2, 0) is 30.4 Å². The maximum absolute atomic E-state index is 12.6. The molecule has 1 aliphatic heterocycles. The second kappa shape index (κ2) is 19.1. The molecule has 5 unspecified atom stereocenters. The molecule has 1 saturated carbocycles. The van der Waals surface area contributed by atoms with Crippen molar-refractivity contribution in [2.75, 3.05) is 13.6 Å². The van der Waals surface area contributed by atoms with Crippen molar-refractivity contribution in [3.63, 3.8) is 0 Å². The fourth-order valence-corrected chi connectivity index (χ4v) is 6.11. The van der Waals surface area contributed by atoms with Crippen LogP contribution >= 0.6 is 0 Å². The number of carboxylic acid groups (broad SMARTS) is 3. The van der Waals surface area contributed by atoms with Gasteiger partial charge in [-0.15, -0.1) is 0 Å². The second-order valence-corrected chi connectivity index (χ2v) is 12.3. The molecule has 3 rings (SSSR count). The second-order valence-electron chi connectivity index (χ2n) is 12.3. The molecule has 1 fully saturated rings. The Morgan fingerprint density at radius 2 is 1.54 bits per heavy atom. The van der Waals surface area contributed by atoms with Gasteiger partial charge in [0, 0.05) is 44.5 Å². The normalized spacial score (nSPS) is 20.0. The fraction of sp³-hybridized carbons (Fsp3) is 0.576. The maximum Gasteiger partial charge on any atom is 0.326 e. The molecule has 0 spiro atoms. The summed E-state index contributed by atoms with van der Waals surface area (Å²) in [4.78, 5) is 70.1. The van der Waals surface area contributed by atoms with Crippen molar-refractivity contribution in [3.8, 4) is 0 Å². The molecule has 2 aliphatic rings. The van der Waals surface area contributed by atoms with Crippen LogP contribution in [0.5, 0.6) is 0 Å². The molecule has 5 atom stereocenters. The SMILES string of the molecule is CNC(=O)CC1CCCC2C(c3ccc(CC(=O)NCCCCC(NC(=O)NC(CCC(=O)O)C(=O)O)C(=O)O)cc3)=NN=CC2CC1. The monoisotopic (exact) mass is 670 g/mol. The molecule has 15 nitrogen and oxygen atoms in total. The minimum Gasteiger partial charge on any atom is -0.481 e. The zero-order valence-corrected chi connectivity index (χ0v) is 27.2. The van der Waals surface area contributed by atoms with Gasteiger partial charge in [0.05, 0.1) is 12.1 Å². The van der Waals surface area contributed by atoms with Crippen molar-refractivity contribution in [1.29, 1.82) is 0 Å². The summed E-state index contributed by atoms with van der Waals surface area (Å²) in [5, 5.41) is 46.0. The molecule has 1 heterocycles. The van der Waals surface area contributed by atoms with E-state index >= 15 is 0 Å². The van der Waals surface area contributed by atoms with Gasteiger partial charge in [-0.05, 0) is 68.4 Å². The predicted molar refractivity (Wildman–Crippen MR) is 176 cm³/mol. The average Bonchev–Trinajstić information content (AvgIpc) is 3.03. The summed E-state index contributed by atoms with van der Waals surface area (Å²) in [6, 6.07) is 3.93. The Kier molecular flexibility index (Phi) is 15.0. The number of fused-ring (bicyclic) bond motifs is 1. The Morgan fingerprint density at radius 3 is 2.19 bits per heavy atom. The van der Waals surface area contributed by atoms with E-state index in [0.717, 1.165) is 48.9 Å². The minimum atomic E-state index is -1.48. The van der Waals surface area contributed by atoms with Crippen LogP contribution in [0.15, 0.2) is 34.5 Å². The third-order valence-corrected chi connectivity index (χ3v) is 8.79. The van der Waals surface area contributed by atoms with E-state index in [1.54, 1.807) is 7.05 Å². The number of carbonyl (C=O) groups excluding carboxylic acids is 3. The lowest BCUT2D eigenvalue weighted by atomic mass is 9.74. The number of hydrogen-bond donors (Lipinski definition) is 7. The lowest BCUT2D eigenvalue weighted by molar-refractivity contribution is -0.141. The molecule has 1 aliphatic carbocycles. The van der Waals surface area contributed by atoms with E-state index in [1.807, 2.05) is 30.5 Å². The molecule has 262 valence electrons. The van der Waals surface area contributed by atoms with E-state index in [9.17, 15) is 33.9 Å². The number of carboxylic acids is 3. The van der Waals surface area contributed by atoms with Crippen LogP contribution in [0.2, 0.25) is 0 Å². The smallest absolute Gasteiger partial charge is 0.326 e. The van der Waals surface area contributed by atoms with Gasteiger partial charge >= 0.3 is 23.9 Å². The molecule has 1 aromatic rings. The van der Waals surface area contributed by atoms with Gasteiger partial charge in [0.1, 0.15) is 12.1 Å². The number of nitrogens with one attached hydrogen (secondary N) is 4. The lowest BCUT2D eigenvalue weighted by Crippen LogP contribution is -2.51. The Morgan fingerprint density at radius 1 is 0.854 bits per heavy atom. The first-order chi connectivity index (χ1) is 23.0. The summed E-state index contributed by atoms with van der Waals surface area (Å²) in [6.07, 6.45) is 7.60. The number of aliphatic carboxylic acids is 3. The predicted octanol–water partition coefficient (Wildman–Crippen LogP) is 2.32. The Balaban J connectivity index is 1.41. The standard InChI is InChI=1S/C33H46N6O9/c1-34-27(40)17-20-5-4-6-24-23(13-10-20)19-36-39-30(24)22-11-8-21(9-12-22)18-28(41)35-16-3-2-7-25(31(44)45)37-33(48)38-26(32(46)47)14-15-29(42)43/h8-9,11-12,19-20,23-26H,2-7,10,13-18H2,1H3,(H,34,40)(H,35,41)(H,42,43)(H,44,45)(H,46,47)(H2,37,38,48). The van der Waals surface area contributed by atoms with Crippen molar-refractivity contribution in [3.05, 3.63) is 35.4 Å². The van der Waals surface area contributed by atoms with Crippen molar-refractivity contribution in [1.82, 2.24) is 21.3 Å².